The molecule has 2 aromatic rings. The van der Waals surface area contributed by atoms with Crippen molar-refractivity contribution in [2.45, 2.75) is 38.8 Å². The predicted octanol–water partition coefficient (Wildman–Crippen LogP) is 2.85. The number of rotatable bonds is 8. The second-order valence-electron chi connectivity index (χ2n) is 7.57. The Bertz CT molecular complexity index is 778. The topological polar surface area (TPSA) is 68.0 Å². The van der Waals surface area contributed by atoms with Crippen LogP contribution in [0.15, 0.2) is 34.9 Å². The fourth-order valence-corrected chi connectivity index (χ4v) is 3.88. The first-order valence-corrected chi connectivity index (χ1v) is 10.1. The Balaban J connectivity index is 1.52. The van der Waals surface area contributed by atoms with Crippen LogP contribution in [0.3, 0.4) is 0 Å². The number of carbonyl (C=O) groups is 1. The van der Waals surface area contributed by atoms with E-state index in [9.17, 15) is 4.79 Å². The number of hydrogen-bond acceptors (Lipinski definition) is 6. The lowest BCUT2D eigenvalue weighted by molar-refractivity contribution is -0.135. The average Bonchev–Trinajstić information content (AvgIpc) is 3.20. The van der Waals surface area contributed by atoms with Crippen molar-refractivity contribution >= 4 is 5.91 Å². The van der Waals surface area contributed by atoms with Gasteiger partial charge in [0.25, 0.3) is 0 Å². The molecule has 0 saturated carbocycles. The first-order valence-electron chi connectivity index (χ1n) is 10.1. The maximum atomic E-state index is 12.7. The van der Waals surface area contributed by atoms with Crippen molar-refractivity contribution in [2.24, 2.45) is 0 Å². The molecular weight excluding hydrogens is 370 g/mol. The highest BCUT2D eigenvalue weighted by Crippen LogP contribution is 2.24. The third-order valence-electron chi connectivity index (χ3n) is 5.49. The number of hydrogen-bond donors (Lipinski definition) is 0. The summed E-state index contributed by atoms with van der Waals surface area (Å²) >= 11 is 0. The van der Waals surface area contributed by atoms with Crippen molar-refractivity contribution in [3.8, 4) is 17.1 Å². The van der Waals surface area contributed by atoms with Gasteiger partial charge in [-0.2, -0.15) is 0 Å². The van der Waals surface area contributed by atoms with Gasteiger partial charge in [-0.25, -0.2) is 4.98 Å². The SMILES string of the molecule is COCCN1[C@H](C)CN(C(=O)CCc2ncc(-c3ccc(OC)cc3)o2)C[C@H]1C. The van der Waals surface area contributed by atoms with Gasteiger partial charge in [0, 0.05) is 57.2 Å². The van der Waals surface area contributed by atoms with Crippen LogP contribution < -0.4 is 4.74 Å². The Morgan fingerprint density at radius 2 is 1.86 bits per heavy atom. The second kappa shape index (κ2) is 9.89. The lowest BCUT2D eigenvalue weighted by Crippen LogP contribution is -2.58. The Morgan fingerprint density at radius 3 is 2.48 bits per heavy atom. The maximum absolute atomic E-state index is 12.7. The second-order valence-corrected chi connectivity index (χ2v) is 7.57. The van der Waals surface area contributed by atoms with Crippen molar-refractivity contribution < 1.29 is 18.7 Å². The molecule has 7 nitrogen and oxygen atoms in total. The molecule has 0 radical (unpaired) electrons. The fourth-order valence-electron chi connectivity index (χ4n) is 3.88. The molecule has 158 valence electrons. The molecule has 1 aromatic carbocycles. The summed E-state index contributed by atoms with van der Waals surface area (Å²) in [5.74, 6) is 2.23. The number of amides is 1. The molecule has 1 aliphatic rings. The summed E-state index contributed by atoms with van der Waals surface area (Å²) in [6.07, 6.45) is 2.61. The number of ether oxygens (including phenoxy) is 2. The molecule has 1 fully saturated rings. The molecule has 0 aliphatic carbocycles. The van der Waals surface area contributed by atoms with Gasteiger partial charge in [-0.15, -0.1) is 0 Å². The molecular formula is C22H31N3O4. The van der Waals surface area contributed by atoms with Crippen LogP contribution in [-0.4, -0.2) is 73.2 Å². The molecule has 2 atom stereocenters. The Labute approximate surface area is 172 Å². The molecule has 7 heteroatoms. The summed E-state index contributed by atoms with van der Waals surface area (Å²) in [4.78, 5) is 21.4. The van der Waals surface area contributed by atoms with E-state index in [0.717, 1.165) is 30.9 Å². The van der Waals surface area contributed by atoms with Crippen molar-refractivity contribution in [1.82, 2.24) is 14.8 Å². The van der Waals surface area contributed by atoms with Crippen LogP contribution in [0.5, 0.6) is 5.75 Å². The summed E-state index contributed by atoms with van der Waals surface area (Å²) in [6.45, 7) is 7.43. The van der Waals surface area contributed by atoms with Crippen LogP contribution >= 0.6 is 0 Å². The molecule has 1 saturated heterocycles. The van der Waals surface area contributed by atoms with Crippen LogP contribution in [0.25, 0.3) is 11.3 Å². The molecule has 0 bridgehead atoms. The van der Waals surface area contributed by atoms with E-state index in [1.54, 1.807) is 20.4 Å². The van der Waals surface area contributed by atoms with Crippen molar-refractivity contribution in [1.29, 1.82) is 0 Å². The highest BCUT2D eigenvalue weighted by atomic mass is 16.5. The Kier molecular flexibility index (Phi) is 7.28. The summed E-state index contributed by atoms with van der Waals surface area (Å²) in [7, 11) is 3.36. The van der Waals surface area contributed by atoms with Crippen molar-refractivity contribution in [3.63, 3.8) is 0 Å². The number of nitrogens with zero attached hydrogens (tertiary/aromatic N) is 3. The van der Waals surface area contributed by atoms with Gasteiger partial charge in [-0.1, -0.05) is 0 Å². The molecule has 1 aromatic heterocycles. The number of piperazine rings is 1. The molecule has 0 N–H and O–H groups in total. The summed E-state index contributed by atoms with van der Waals surface area (Å²) in [6, 6.07) is 8.27. The summed E-state index contributed by atoms with van der Waals surface area (Å²) in [5, 5.41) is 0. The summed E-state index contributed by atoms with van der Waals surface area (Å²) < 4.78 is 16.2. The minimum absolute atomic E-state index is 0.152. The number of methoxy groups -OCH3 is 2. The zero-order valence-electron chi connectivity index (χ0n) is 17.8. The van der Waals surface area contributed by atoms with Gasteiger partial charge in [0.05, 0.1) is 19.9 Å². The monoisotopic (exact) mass is 401 g/mol. The lowest BCUT2D eigenvalue weighted by Gasteiger charge is -2.44. The molecule has 1 aliphatic heterocycles. The first-order chi connectivity index (χ1) is 14.0. The van der Waals surface area contributed by atoms with E-state index < -0.39 is 0 Å². The summed E-state index contributed by atoms with van der Waals surface area (Å²) in [5.41, 5.74) is 0.936. The van der Waals surface area contributed by atoms with Crippen molar-refractivity contribution in [2.75, 3.05) is 40.5 Å². The number of oxazole rings is 1. The first kappa shape index (κ1) is 21.3. The number of benzene rings is 1. The number of aromatic nitrogens is 1. The van der Waals surface area contributed by atoms with Gasteiger partial charge in [-0.3, -0.25) is 9.69 Å². The Morgan fingerprint density at radius 1 is 1.17 bits per heavy atom. The molecule has 0 unspecified atom stereocenters. The van der Waals surface area contributed by atoms with E-state index in [1.165, 1.54) is 0 Å². The van der Waals surface area contributed by atoms with E-state index in [2.05, 4.69) is 23.7 Å². The van der Waals surface area contributed by atoms with Gasteiger partial charge >= 0.3 is 0 Å². The number of carbonyl (C=O) groups excluding carboxylic acids is 1. The molecule has 1 amide bonds. The minimum Gasteiger partial charge on any atom is -0.497 e. The largest absolute Gasteiger partial charge is 0.497 e. The molecule has 29 heavy (non-hydrogen) atoms. The molecule has 2 heterocycles. The average molecular weight is 402 g/mol. The zero-order chi connectivity index (χ0) is 20.8. The fraction of sp³-hybridized carbons (Fsp3) is 0.545. The molecule has 3 rings (SSSR count). The van der Waals surface area contributed by atoms with Crippen LogP contribution in [0.2, 0.25) is 0 Å². The van der Waals surface area contributed by atoms with Gasteiger partial charge in [-0.05, 0) is 38.1 Å². The van der Waals surface area contributed by atoms with E-state index in [4.69, 9.17) is 13.9 Å². The maximum Gasteiger partial charge on any atom is 0.223 e. The standard InChI is InChI=1S/C22H31N3O4/c1-16-14-24(15-17(2)25(16)11-12-27-3)22(26)10-9-21-23-13-20(29-21)18-5-7-19(28-4)8-6-18/h5-8,13,16-17H,9-12,14-15H2,1-4H3/t16-,17-/m1/s1. The van der Waals surface area contributed by atoms with Crippen LogP contribution in [0.1, 0.15) is 26.2 Å². The van der Waals surface area contributed by atoms with Gasteiger partial charge < -0.3 is 18.8 Å². The van der Waals surface area contributed by atoms with Crippen LogP contribution in [-0.2, 0) is 16.0 Å². The highest BCUT2D eigenvalue weighted by Gasteiger charge is 2.31. The Hall–Kier alpha value is -2.38. The van der Waals surface area contributed by atoms with Crippen molar-refractivity contribution in [3.05, 3.63) is 36.4 Å². The van der Waals surface area contributed by atoms with Crippen LogP contribution in [0, 0.1) is 0 Å². The third kappa shape index (κ3) is 5.36. The quantitative estimate of drug-likeness (QED) is 0.678. The van der Waals surface area contributed by atoms with E-state index in [-0.39, 0.29) is 5.91 Å². The van der Waals surface area contributed by atoms with E-state index in [0.29, 0.717) is 43.2 Å². The predicted molar refractivity (Wildman–Crippen MR) is 111 cm³/mol. The highest BCUT2D eigenvalue weighted by molar-refractivity contribution is 5.76. The number of aryl methyl sites for hydroxylation is 1. The van der Waals surface area contributed by atoms with Gasteiger partial charge in [0.15, 0.2) is 11.7 Å². The zero-order valence-corrected chi connectivity index (χ0v) is 17.8. The lowest BCUT2D eigenvalue weighted by atomic mass is 10.1. The van der Waals surface area contributed by atoms with E-state index in [1.807, 2.05) is 29.2 Å². The smallest absolute Gasteiger partial charge is 0.223 e. The van der Waals surface area contributed by atoms with Crippen LogP contribution in [0.4, 0.5) is 0 Å². The minimum atomic E-state index is 0.152. The third-order valence-corrected chi connectivity index (χ3v) is 5.49. The normalized spacial score (nSPS) is 20.1. The molecule has 0 spiro atoms. The van der Waals surface area contributed by atoms with Gasteiger partial charge in [0.1, 0.15) is 5.75 Å². The van der Waals surface area contributed by atoms with E-state index >= 15 is 0 Å². The van der Waals surface area contributed by atoms with Gasteiger partial charge in [0.2, 0.25) is 5.91 Å².